The summed E-state index contributed by atoms with van der Waals surface area (Å²) in [5.74, 6) is -0.428. The van der Waals surface area contributed by atoms with Crippen molar-refractivity contribution in [3.63, 3.8) is 0 Å². The molecule has 3 N–H and O–H groups in total. The predicted molar refractivity (Wildman–Crippen MR) is 74.5 cm³/mol. The van der Waals surface area contributed by atoms with Gasteiger partial charge >= 0.3 is 5.97 Å². The third-order valence-corrected chi connectivity index (χ3v) is 4.99. The van der Waals surface area contributed by atoms with E-state index in [1.54, 1.807) is 0 Å². The molecular formula is C12H24N2O5S. The summed E-state index contributed by atoms with van der Waals surface area (Å²) < 4.78 is 32.8. The van der Waals surface area contributed by atoms with Crippen LogP contribution in [0.3, 0.4) is 0 Å². The van der Waals surface area contributed by atoms with Gasteiger partial charge in [-0.05, 0) is 31.6 Å². The van der Waals surface area contributed by atoms with E-state index in [0.717, 1.165) is 12.8 Å². The lowest BCUT2D eigenvalue weighted by atomic mass is 9.71. The largest absolute Gasteiger partial charge is 0.481 e. The summed E-state index contributed by atoms with van der Waals surface area (Å²) in [6.45, 7) is 2.44. The molecule has 0 aliphatic heterocycles. The fraction of sp³-hybridized carbons (Fsp3) is 0.917. The van der Waals surface area contributed by atoms with Gasteiger partial charge in [-0.25, -0.2) is 4.72 Å². The molecule has 1 rings (SSSR count). The van der Waals surface area contributed by atoms with Crippen molar-refractivity contribution in [2.24, 2.45) is 11.3 Å². The van der Waals surface area contributed by atoms with Gasteiger partial charge in [-0.3, -0.25) is 4.79 Å². The first kappa shape index (κ1) is 17.4. The maximum Gasteiger partial charge on any atom is 0.310 e. The van der Waals surface area contributed by atoms with Crippen LogP contribution in [0.25, 0.3) is 0 Å². The lowest BCUT2D eigenvalue weighted by Crippen LogP contribution is -2.48. The highest BCUT2D eigenvalue weighted by atomic mass is 32.2. The van der Waals surface area contributed by atoms with Crippen LogP contribution in [0.1, 0.15) is 32.6 Å². The molecule has 20 heavy (non-hydrogen) atoms. The minimum Gasteiger partial charge on any atom is -0.481 e. The molecule has 0 radical (unpaired) electrons. The lowest BCUT2D eigenvalue weighted by molar-refractivity contribution is -0.151. The Labute approximate surface area is 120 Å². The molecule has 7 nitrogen and oxygen atoms in total. The van der Waals surface area contributed by atoms with E-state index in [4.69, 9.17) is 4.74 Å². The van der Waals surface area contributed by atoms with Gasteiger partial charge in [0.15, 0.2) is 0 Å². The second kappa shape index (κ2) is 7.35. The summed E-state index contributed by atoms with van der Waals surface area (Å²) in [6.07, 6.45) is 2.63. The number of ether oxygens (including phenoxy) is 1. The van der Waals surface area contributed by atoms with Crippen molar-refractivity contribution < 1.29 is 23.1 Å². The Bertz CT molecular complexity index is 416. The number of carboxylic acid groups (broad SMARTS) is 1. The Hall–Kier alpha value is -0.700. The monoisotopic (exact) mass is 308 g/mol. The van der Waals surface area contributed by atoms with Crippen molar-refractivity contribution in [2.45, 2.75) is 32.6 Å². The normalized spacial score (nSPS) is 27.4. The zero-order valence-electron chi connectivity index (χ0n) is 12.0. The number of nitrogens with one attached hydrogen (secondary N) is 2. The molecule has 1 saturated carbocycles. The van der Waals surface area contributed by atoms with Gasteiger partial charge in [0.1, 0.15) is 0 Å². The van der Waals surface area contributed by atoms with Crippen LogP contribution >= 0.6 is 0 Å². The number of aliphatic carboxylic acids is 1. The molecule has 0 aromatic heterocycles. The van der Waals surface area contributed by atoms with E-state index in [1.165, 1.54) is 7.11 Å². The van der Waals surface area contributed by atoms with Crippen molar-refractivity contribution >= 4 is 16.2 Å². The Morgan fingerprint density at radius 1 is 1.35 bits per heavy atom. The average Bonchev–Trinajstić information content (AvgIpc) is 2.38. The van der Waals surface area contributed by atoms with E-state index in [9.17, 15) is 18.3 Å². The van der Waals surface area contributed by atoms with Crippen LogP contribution in [-0.2, 0) is 19.7 Å². The Morgan fingerprint density at radius 2 is 1.95 bits per heavy atom. The van der Waals surface area contributed by atoms with Crippen LogP contribution in [0.4, 0.5) is 0 Å². The molecule has 1 aliphatic carbocycles. The van der Waals surface area contributed by atoms with Gasteiger partial charge in [0.25, 0.3) is 10.2 Å². The SMILES string of the molecule is COCCNS(=O)(=O)NCC1(C(=O)O)CCC(C)CC1. The number of methoxy groups -OCH3 is 1. The first-order chi connectivity index (χ1) is 9.31. The minimum atomic E-state index is -3.68. The van der Waals surface area contributed by atoms with Gasteiger partial charge in [-0.2, -0.15) is 13.1 Å². The minimum absolute atomic E-state index is 0.0721. The summed E-state index contributed by atoms with van der Waals surface area (Å²) >= 11 is 0. The van der Waals surface area contributed by atoms with Crippen LogP contribution in [0.15, 0.2) is 0 Å². The van der Waals surface area contributed by atoms with Gasteiger partial charge < -0.3 is 9.84 Å². The van der Waals surface area contributed by atoms with Crippen LogP contribution in [0.5, 0.6) is 0 Å². The second-order valence-corrected chi connectivity index (χ2v) is 7.06. The predicted octanol–water partition coefficient (Wildman–Crippen LogP) is 0.338. The number of carboxylic acids is 1. The highest BCUT2D eigenvalue weighted by Gasteiger charge is 2.41. The zero-order chi connectivity index (χ0) is 15.2. The van der Waals surface area contributed by atoms with E-state index in [-0.39, 0.29) is 19.7 Å². The summed E-state index contributed by atoms with van der Waals surface area (Å²) in [5, 5.41) is 9.41. The quantitative estimate of drug-likeness (QED) is 0.561. The fourth-order valence-electron chi connectivity index (χ4n) is 2.34. The van der Waals surface area contributed by atoms with Gasteiger partial charge in [0.05, 0.1) is 12.0 Å². The summed E-state index contributed by atoms with van der Waals surface area (Å²) in [4.78, 5) is 11.5. The molecule has 118 valence electrons. The maximum atomic E-state index is 11.7. The number of hydrogen-bond acceptors (Lipinski definition) is 4. The molecule has 1 fully saturated rings. The molecule has 0 aromatic rings. The molecule has 0 atom stereocenters. The smallest absolute Gasteiger partial charge is 0.310 e. The maximum absolute atomic E-state index is 11.7. The second-order valence-electron chi connectivity index (χ2n) is 5.48. The first-order valence-corrected chi connectivity index (χ1v) is 8.26. The van der Waals surface area contributed by atoms with Crippen LogP contribution in [0, 0.1) is 11.3 Å². The molecule has 8 heteroatoms. The van der Waals surface area contributed by atoms with E-state index in [2.05, 4.69) is 16.4 Å². The zero-order valence-corrected chi connectivity index (χ0v) is 12.8. The molecule has 0 amide bonds. The Balaban J connectivity index is 2.57. The van der Waals surface area contributed by atoms with Crippen molar-refractivity contribution in [1.29, 1.82) is 0 Å². The summed E-state index contributed by atoms with van der Waals surface area (Å²) in [5.41, 5.74) is -0.984. The Morgan fingerprint density at radius 3 is 2.45 bits per heavy atom. The molecule has 0 bridgehead atoms. The Kier molecular flexibility index (Phi) is 6.38. The highest BCUT2D eigenvalue weighted by molar-refractivity contribution is 7.87. The number of hydrogen-bond donors (Lipinski definition) is 3. The van der Waals surface area contributed by atoms with E-state index in [1.807, 2.05) is 0 Å². The third kappa shape index (κ3) is 5.01. The first-order valence-electron chi connectivity index (χ1n) is 6.78. The van der Waals surface area contributed by atoms with Crippen molar-refractivity contribution in [1.82, 2.24) is 9.44 Å². The van der Waals surface area contributed by atoms with Gasteiger partial charge in [0.2, 0.25) is 0 Å². The number of rotatable bonds is 8. The fourth-order valence-corrected chi connectivity index (χ4v) is 3.26. The molecule has 1 aliphatic rings. The summed E-state index contributed by atoms with van der Waals surface area (Å²) in [7, 11) is -2.21. The van der Waals surface area contributed by atoms with Crippen LogP contribution in [0.2, 0.25) is 0 Å². The number of carbonyl (C=O) groups is 1. The van der Waals surface area contributed by atoms with Crippen molar-refractivity contribution in [3.05, 3.63) is 0 Å². The molecule has 0 spiro atoms. The van der Waals surface area contributed by atoms with Gasteiger partial charge in [-0.1, -0.05) is 6.92 Å². The third-order valence-electron chi connectivity index (χ3n) is 3.88. The summed E-state index contributed by atoms with van der Waals surface area (Å²) in [6, 6.07) is 0. The van der Waals surface area contributed by atoms with E-state index < -0.39 is 21.6 Å². The standard InChI is InChI=1S/C12H24N2O5S/c1-10-3-5-12(6-4-10,11(15)16)9-14-20(17,18)13-7-8-19-2/h10,13-14H,3-9H2,1-2H3,(H,15,16). The highest BCUT2D eigenvalue weighted by Crippen LogP contribution is 2.38. The van der Waals surface area contributed by atoms with Crippen molar-refractivity contribution in [3.8, 4) is 0 Å². The molecule has 0 saturated heterocycles. The van der Waals surface area contributed by atoms with Gasteiger partial charge in [-0.15, -0.1) is 0 Å². The molecule has 0 unspecified atom stereocenters. The average molecular weight is 308 g/mol. The van der Waals surface area contributed by atoms with Crippen LogP contribution in [-0.4, -0.2) is 46.3 Å². The van der Waals surface area contributed by atoms with E-state index >= 15 is 0 Å². The molecule has 0 aromatic carbocycles. The molecule has 0 heterocycles. The van der Waals surface area contributed by atoms with E-state index in [0.29, 0.717) is 18.8 Å². The van der Waals surface area contributed by atoms with Gasteiger partial charge in [0, 0.05) is 20.2 Å². The van der Waals surface area contributed by atoms with Crippen molar-refractivity contribution in [2.75, 3.05) is 26.8 Å². The van der Waals surface area contributed by atoms with Crippen LogP contribution < -0.4 is 9.44 Å². The topological polar surface area (TPSA) is 105 Å². The lowest BCUT2D eigenvalue weighted by Gasteiger charge is -2.35. The molecular weight excluding hydrogens is 284 g/mol.